The number of hydrogen-bond donors (Lipinski definition) is 0. The van der Waals surface area contributed by atoms with Gasteiger partial charge in [0.15, 0.2) is 11.6 Å². The van der Waals surface area contributed by atoms with Crippen LogP contribution in [0.25, 0.3) is 0 Å². The molecule has 0 aliphatic carbocycles. The van der Waals surface area contributed by atoms with Crippen LogP contribution in [0.15, 0.2) is 42.5 Å². The lowest BCUT2D eigenvalue weighted by Crippen LogP contribution is -2.56. The van der Waals surface area contributed by atoms with Crippen LogP contribution in [0, 0.1) is 17.5 Å². The first-order chi connectivity index (χ1) is 10.5. The minimum atomic E-state index is -0.990. The van der Waals surface area contributed by atoms with Crippen molar-refractivity contribution in [1.82, 2.24) is 4.90 Å². The number of rotatable bonds is 3. The van der Waals surface area contributed by atoms with Gasteiger partial charge >= 0.3 is 0 Å². The zero-order chi connectivity index (χ0) is 15.7. The van der Waals surface area contributed by atoms with Gasteiger partial charge in [-0.2, -0.15) is 0 Å². The fourth-order valence-corrected chi connectivity index (χ4v) is 2.23. The summed E-state index contributed by atoms with van der Waals surface area (Å²) >= 11 is 0. The third-order valence-corrected chi connectivity index (χ3v) is 3.43. The molecule has 0 bridgehead atoms. The highest BCUT2D eigenvalue weighted by Gasteiger charge is 2.33. The summed E-state index contributed by atoms with van der Waals surface area (Å²) < 4.78 is 44.8. The number of likely N-dealkylation sites (tertiary alicyclic amines) is 1. The van der Waals surface area contributed by atoms with Gasteiger partial charge in [0, 0.05) is 6.07 Å². The molecule has 2 aromatic rings. The number of halogens is 3. The van der Waals surface area contributed by atoms with E-state index in [1.54, 1.807) is 6.07 Å². The Labute approximate surface area is 124 Å². The van der Waals surface area contributed by atoms with Gasteiger partial charge in [0.05, 0.1) is 18.7 Å². The van der Waals surface area contributed by atoms with Crippen LogP contribution in [-0.4, -0.2) is 30.0 Å². The minimum Gasteiger partial charge on any atom is -0.487 e. The predicted molar refractivity (Wildman–Crippen MR) is 73.1 cm³/mol. The predicted octanol–water partition coefficient (Wildman–Crippen LogP) is 3.01. The van der Waals surface area contributed by atoms with Crippen LogP contribution in [0.2, 0.25) is 0 Å². The molecule has 0 aromatic heterocycles. The molecular weight excluding hydrogens is 295 g/mol. The van der Waals surface area contributed by atoms with Crippen molar-refractivity contribution in [2.45, 2.75) is 6.10 Å². The van der Waals surface area contributed by atoms with Crippen LogP contribution < -0.4 is 4.74 Å². The first-order valence-corrected chi connectivity index (χ1v) is 6.70. The van der Waals surface area contributed by atoms with Crippen LogP contribution in [0.1, 0.15) is 10.4 Å². The molecule has 1 amide bonds. The Balaban J connectivity index is 1.59. The molecule has 1 aliphatic rings. The quantitative estimate of drug-likeness (QED) is 0.872. The van der Waals surface area contributed by atoms with E-state index in [2.05, 4.69) is 0 Å². The average Bonchev–Trinajstić information content (AvgIpc) is 2.46. The topological polar surface area (TPSA) is 29.5 Å². The number of benzene rings is 2. The van der Waals surface area contributed by atoms with E-state index in [4.69, 9.17) is 4.74 Å². The van der Waals surface area contributed by atoms with Crippen LogP contribution >= 0.6 is 0 Å². The first-order valence-electron chi connectivity index (χ1n) is 6.70. The standard InChI is InChI=1S/C16H12F3NO2/c17-13-4-2-1-3-12(13)16(21)20-8-11(9-20)22-10-5-6-14(18)15(19)7-10/h1-7,11H,8-9H2. The molecule has 0 radical (unpaired) electrons. The maximum Gasteiger partial charge on any atom is 0.257 e. The maximum absolute atomic E-state index is 13.5. The summed E-state index contributed by atoms with van der Waals surface area (Å²) in [6.45, 7) is 0.540. The van der Waals surface area contributed by atoms with Gasteiger partial charge < -0.3 is 9.64 Å². The number of hydrogen-bond acceptors (Lipinski definition) is 2. The smallest absolute Gasteiger partial charge is 0.257 e. The molecule has 2 aromatic carbocycles. The summed E-state index contributed by atoms with van der Waals surface area (Å²) in [5.41, 5.74) is 0.00813. The van der Waals surface area contributed by atoms with Gasteiger partial charge in [0.2, 0.25) is 0 Å². The summed E-state index contributed by atoms with van der Waals surface area (Å²) in [4.78, 5) is 13.5. The highest BCUT2D eigenvalue weighted by Crippen LogP contribution is 2.22. The molecule has 22 heavy (non-hydrogen) atoms. The van der Waals surface area contributed by atoms with Gasteiger partial charge in [-0.1, -0.05) is 12.1 Å². The molecule has 0 spiro atoms. The van der Waals surface area contributed by atoms with Crippen molar-refractivity contribution in [3.63, 3.8) is 0 Å². The SMILES string of the molecule is O=C(c1ccccc1F)N1CC(Oc2ccc(F)c(F)c2)C1. The number of carbonyl (C=O) groups excluding carboxylic acids is 1. The van der Waals surface area contributed by atoms with Gasteiger partial charge in [-0.05, 0) is 24.3 Å². The molecule has 3 nitrogen and oxygen atoms in total. The number of carbonyl (C=O) groups is 1. The second-order valence-corrected chi connectivity index (χ2v) is 5.01. The monoisotopic (exact) mass is 307 g/mol. The Morgan fingerprint density at radius 1 is 1.00 bits per heavy atom. The molecule has 1 saturated heterocycles. The lowest BCUT2D eigenvalue weighted by molar-refractivity contribution is 0.0173. The summed E-state index contributed by atoms with van der Waals surface area (Å²) in [5, 5.41) is 0. The van der Waals surface area contributed by atoms with Gasteiger partial charge in [-0.15, -0.1) is 0 Å². The Morgan fingerprint density at radius 3 is 2.41 bits per heavy atom. The maximum atomic E-state index is 13.5. The molecule has 0 N–H and O–H groups in total. The fourth-order valence-electron chi connectivity index (χ4n) is 2.23. The molecule has 3 rings (SSSR count). The van der Waals surface area contributed by atoms with E-state index in [1.165, 1.54) is 29.2 Å². The summed E-state index contributed by atoms with van der Waals surface area (Å²) in [6, 6.07) is 8.99. The van der Waals surface area contributed by atoms with Gasteiger partial charge in [-0.25, -0.2) is 13.2 Å². The van der Waals surface area contributed by atoms with E-state index in [0.29, 0.717) is 0 Å². The summed E-state index contributed by atoms with van der Waals surface area (Å²) in [6.07, 6.45) is -0.319. The van der Waals surface area contributed by atoms with E-state index >= 15 is 0 Å². The van der Waals surface area contributed by atoms with E-state index in [1.807, 2.05) is 0 Å². The lowest BCUT2D eigenvalue weighted by atomic mass is 10.1. The van der Waals surface area contributed by atoms with Gasteiger partial charge in [0.1, 0.15) is 17.7 Å². The van der Waals surface area contributed by atoms with Crippen molar-refractivity contribution < 1.29 is 22.7 Å². The van der Waals surface area contributed by atoms with Crippen LogP contribution in [0.5, 0.6) is 5.75 Å². The molecule has 6 heteroatoms. The second-order valence-electron chi connectivity index (χ2n) is 5.01. The molecule has 114 valence electrons. The van der Waals surface area contributed by atoms with E-state index < -0.39 is 23.4 Å². The van der Waals surface area contributed by atoms with Crippen molar-refractivity contribution in [1.29, 1.82) is 0 Å². The molecular formula is C16H12F3NO2. The van der Waals surface area contributed by atoms with Gasteiger partial charge in [0.25, 0.3) is 5.91 Å². The summed E-state index contributed by atoms with van der Waals surface area (Å²) in [7, 11) is 0. The number of ether oxygens (including phenoxy) is 1. The minimum absolute atomic E-state index is 0.00813. The number of amides is 1. The van der Waals surface area contributed by atoms with Crippen molar-refractivity contribution in [3.8, 4) is 5.75 Å². The normalized spacial score (nSPS) is 14.6. The van der Waals surface area contributed by atoms with Crippen molar-refractivity contribution >= 4 is 5.91 Å². The van der Waals surface area contributed by atoms with Crippen LogP contribution in [0.3, 0.4) is 0 Å². The Hall–Kier alpha value is -2.50. The zero-order valence-corrected chi connectivity index (χ0v) is 11.4. The Bertz CT molecular complexity index is 714. The molecule has 1 heterocycles. The third-order valence-electron chi connectivity index (χ3n) is 3.43. The Kier molecular flexibility index (Phi) is 3.75. The second kappa shape index (κ2) is 5.71. The van der Waals surface area contributed by atoms with E-state index in [9.17, 15) is 18.0 Å². The third kappa shape index (κ3) is 2.77. The molecule has 0 unspecified atom stereocenters. The van der Waals surface area contributed by atoms with E-state index in [-0.39, 0.29) is 30.5 Å². The molecule has 1 aliphatic heterocycles. The average molecular weight is 307 g/mol. The van der Waals surface area contributed by atoms with E-state index in [0.717, 1.165) is 12.1 Å². The fraction of sp³-hybridized carbons (Fsp3) is 0.188. The van der Waals surface area contributed by atoms with Crippen molar-refractivity contribution in [3.05, 3.63) is 65.5 Å². The van der Waals surface area contributed by atoms with Crippen molar-refractivity contribution in [2.75, 3.05) is 13.1 Å². The lowest BCUT2D eigenvalue weighted by Gasteiger charge is -2.39. The highest BCUT2D eigenvalue weighted by atomic mass is 19.2. The molecule has 1 fully saturated rings. The first kappa shape index (κ1) is 14.4. The molecule has 0 atom stereocenters. The van der Waals surface area contributed by atoms with Gasteiger partial charge in [-0.3, -0.25) is 4.79 Å². The highest BCUT2D eigenvalue weighted by molar-refractivity contribution is 5.95. The largest absolute Gasteiger partial charge is 0.487 e. The summed E-state index contributed by atoms with van der Waals surface area (Å²) in [5.74, 6) is -2.73. The van der Waals surface area contributed by atoms with Crippen molar-refractivity contribution in [2.24, 2.45) is 0 Å². The number of nitrogens with zero attached hydrogens (tertiary/aromatic N) is 1. The Morgan fingerprint density at radius 2 is 1.73 bits per heavy atom. The van der Waals surface area contributed by atoms with Crippen LogP contribution in [0.4, 0.5) is 13.2 Å². The van der Waals surface area contributed by atoms with Crippen LogP contribution in [-0.2, 0) is 0 Å². The molecule has 0 saturated carbocycles. The zero-order valence-electron chi connectivity index (χ0n) is 11.4.